The Kier molecular flexibility index (Phi) is 9.63. The van der Waals surface area contributed by atoms with Crippen LogP contribution in [-0.4, -0.2) is 51.0 Å². The average molecular weight is 605 g/mol. The molecule has 3 rings (SSSR count). The normalized spacial score (nSPS) is 10.4. The van der Waals surface area contributed by atoms with Gasteiger partial charge in [-0.05, 0) is 48.9 Å². The fourth-order valence-electron chi connectivity index (χ4n) is 3.37. The van der Waals surface area contributed by atoms with E-state index in [1.54, 1.807) is 42.5 Å². The quantitative estimate of drug-likeness (QED) is 0.115. The lowest BCUT2D eigenvalue weighted by Crippen LogP contribution is -2.46. The number of carboxylic acid groups (broad SMARTS) is 1. The van der Waals surface area contributed by atoms with E-state index < -0.39 is 18.0 Å². The van der Waals surface area contributed by atoms with Gasteiger partial charge in [0.1, 0.15) is 29.4 Å². The van der Waals surface area contributed by atoms with Crippen LogP contribution in [0.3, 0.4) is 0 Å². The first-order valence-corrected chi connectivity index (χ1v) is 12.5. The number of aromatic nitrogens is 1. The van der Waals surface area contributed by atoms with Gasteiger partial charge in [-0.15, -0.1) is 0 Å². The van der Waals surface area contributed by atoms with Gasteiger partial charge >= 0.3 is 6.09 Å². The maximum atomic E-state index is 13.7. The number of amides is 3. The number of carbonyl (C=O) groups is 3. The number of hydrogen-bond acceptors (Lipinski definition) is 7. The summed E-state index contributed by atoms with van der Waals surface area (Å²) < 4.78 is 10.8. The molecular weight excluding hydrogens is 582 g/mol. The molecule has 3 amide bonds. The highest BCUT2D eigenvalue weighted by molar-refractivity contribution is 9.09. The number of carbonyl (C=O) groups excluding carboxylic acids is 2. The summed E-state index contributed by atoms with van der Waals surface area (Å²) in [5, 5.41) is 26.2. The molecule has 0 aliphatic rings. The predicted octanol–water partition coefficient (Wildman–Crippen LogP) is 5.05. The van der Waals surface area contributed by atoms with Gasteiger partial charge in [0.25, 0.3) is 5.91 Å². The van der Waals surface area contributed by atoms with Crippen molar-refractivity contribution < 1.29 is 28.8 Å². The van der Waals surface area contributed by atoms with Gasteiger partial charge in [0, 0.05) is 5.56 Å². The van der Waals surface area contributed by atoms with Crippen LogP contribution in [0.15, 0.2) is 59.6 Å². The van der Waals surface area contributed by atoms with E-state index in [0.29, 0.717) is 29.2 Å². The lowest BCUT2D eigenvalue weighted by molar-refractivity contribution is -0.113. The molecule has 0 saturated carbocycles. The van der Waals surface area contributed by atoms with Crippen LogP contribution in [0.5, 0.6) is 5.75 Å². The fourth-order valence-corrected chi connectivity index (χ4v) is 3.76. The minimum atomic E-state index is -1.52. The van der Waals surface area contributed by atoms with Crippen LogP contribution in [0.2, 0.25) is 5.02 Å². The van der Waals surface area contributed by atoms with E-state index in [9.17, 15) is 14.4 Å². The maximum absolute atomic E-state index is 13.7. The molecule has 13 heteroatoms. The Labute approximate surface area is 231 Å². The Hall–Kier alpha value is -4.16. The van der Waals surface area contributed by atoms with Crippen LogP contribution in [0, 0.1) is 12.3 Å². The van der Waals surface area contributed by atoms with Gasteiger partial charge in [-0.1, -0.05) is 51.4 Å². The van der Waals surface area contributed by atoms with Crippen molar-refractivity contribution in [3.63, 3.8) is 0 Å². The molecular formula is C25H23BrClN5O6. The Morgan fingerprint density at radius 1 is 1.26 bits per heavy atom. The molecule has 11 nitrogen and oxygen atoms in total. The Morgan fingerprint density at radius 2 is 1.97 bits per heavy atom. The number of halogens is 2. The van der Waals surface area contributed by atoms with Gasteiger partial charge in [0.2, 0.25) is 11.9 Å². The number of benzene rings is 2. The van der Waals surface area contributed by atoms with Crippen molar-refractivity contribution in [2.75, 3.05) is 17.3 Å². The highest BCUT2D eigenvalue weighted by atomic mass is 79.9. The average Bonchev–Trinajstić information content (AvgIpc) is 3.28. The summed E-state index contributed by atoms with van der Waals surface area (Å²) in [7, 11) is 0. The fraction of sp³-hybridized carbons (Fsp3) is 0.160. The van der Waals surface area contributed by atoms with Crippen LogP contribution in [0.1, 0.15) is 21.7 Å². The van der Waals surface area contributed by atoms with Gasteiger partial charge in [-0.3, -0.25) is 25.2 Å². The minimum absolute atomic E-state index is 0.0500. The predicted molar refractivity (Wildman–Crippen MR) is 145 cm³/mol. The van der Waals surface area contributed by atoms with E-state index in [1.807, 2.05) is 5.32 Å². The molecule has 0 fully saturated rings. The third-order valence-electron chi connectivity index (χ3n) is 5.08. The molecule has 0 saturated heterocycles. The van der Waals surface area contributed by atoms with Crippen LogP contribution >= 0.6 is 27.5 Å². The van der Waals surface area contributed by atoms with E-state index in [1.165, 1.54) is 13.0 Å². The van der Waals surface area contributed by atoms with Gasteiger partial charge in [0.05, 0.1) is 22.6 Å². The summed E-state index contributed by atoms with van der Waals surface area (Å²) in [5.41, 5.74) is 1.63. The molecule has 1 heterocycles. The number of rotatable bonds is 9. The van der Waals surface area contributed by atoms with E-state index in [0.717, 1.165) is 4.90 Å². The van der Waals surface area contributed by atoms with Crippen molar-refractivity contribution in [1.29, 1.82) is 5.41 Å². The van der Waals surface area contributed by atoms with Crippen LogP contribution in [0.4, 0.5) is 10.5 Å². The summed E-state index contributed by atoms with van der Waals surface area (Å²) in [6.07, 6.45) is 0.0940. The summed E-state index contributed by atoms with van der Waals surface area (Å²) in [4.78, 5) is 37.6. The zero-order valence-corrected chi connectivity index (χ0v) is 22.4. The van der Waals surface area contributed by atoms with Crippen molar-refractivity contribution in [2.24, 2.45) is 0 Å². The van der Waals surface area contributed by atoms with Crippen LogP contribution in [-0.2, 0) is 11.3 Å². The molecule has 4 N–H and O–H groups in total. The maximum Gasteiger partial charge on any atom is 0.411 e. The topological polar surface area (TPSA) is 158 Å². The van der Waals surface area contributed by atoms with Crippen molar-refractivity contribution in [2.45, 2.75) is 13.5 Å². The molecule has 0 unspecified atom stereocenters. The molecule has 0 aliphatic carbocycles. The number of alkyl halides is 1. The largest absolute Gasteiger partial charge is 0.490 e. The second-order valence-corrected chi connectivity index (χ2v) is 8.72. The summed E-state index contributed by atoms with van der Waals surface area (Å²) in [5.74, 6) is -0.952. The molecule has 2 aromatic carbocycles. The Bertz CT molecular complexity index is 1380. The summed E-state index contributed by atoms with van der Waals surface area (Å²) in [6, 6.07) is 11.4. The monoisotopic (exact) mass is 603 g/mol. The molecule has 0 aliphatic heterocycles. The van der Waals surface area contributed by atoms with Crippen molar-refractivity contribution in [1.82, 2.24) is 15.4 Å². The molecule has 38 heavy (non-hydrogen) atoms. The van der Waals surface area contributed by atoms with Crippen molar-refractivity contribution in [3.05, 3.63) is 77.0 Å². The van der Waals surface area contributed by atoms with Crippen LogP contribution in [0.25, 0.3) is 11.3 Å². The zero-order valence-electron chi connectivity index (χ0n) is 20.1. The number of anilines is 1. The molecule has 1 aromatic heterocycles. The first kappa shape index (κ1) is 28.4. The third kappa shape index (κ3) is 6.99. The van der Waals surface area contributed by atoms with Crippen molar-refractivity contribution >= 4 is 57.1 Å². The number of guanidine groups is 1. The zero-order chi connectivity index (χ0) is 27.8. The molecule has 0 radical (unpaired) electrons. The minimum Gasteiger partial charge on any atom is -0.490 e. The van der Waals surface area contributed by atoms with Gasteiger partial charge in [0.15, 0.2) is 0 Å². The Balaban J connectivity index is 1.95. The first-order valence-electron chi connectivity index (χ1n) is 11.0. The number of ether oxygens (including phenoxy) is 1. The molecule has 0 bridgehead atoms. The standard InChI is InChI=1S/C25H23BrClN5O6/c1-3-10-37-17-7-5-16(6-8-17)22-21(14(2)38-31-22)23(34)32(24(28)30-25(35)36)13-15-4-9-19(18(27)11-15)29-20(33)12-26/h3-9,11H,1,10,12-13H2,2H3,(H2,28,30)(H,29,33)(H,35,36). The Morgan fingerprint density at radius 3 is 2.58 bits per heavy atom. The summed E-state index contributed by atoms with van der Waals surface area (Å²) in [6.45, 7) is 5.25. The lowest BCUT2D eigenvalue weighted by Gasteiger charge is -2.23. The van der Waals surface area contributed by atoms with E-state index in [2.05, 4.69) is 33.0 Å². The highest BCUT2D eigenvalue weighted by Crippen LogP contribution is 2.29. The highest BCUT2D eigenvalue weighted by Gasteiger charge is 2.29. The van der Waals surface area contributed by atoms with E-state index in [-0.39, 0.29) is 39.8 Å². The number of hydrogen-bond donors (Lipinski definition) is 4. The number of nitrogens with zero attached hydrogens (tertiary/aromatic N) is 2. The molecule has 3 aromatic rings. The van der Waals surface area contributed by atoms with Gasteiger partial charge < -0.3 is 19.7 Å². The molecule has 198 valence electrons. The van der Waals surface area contributed by atoms with Gasteiger partial charge in [-0.25, -0.2) is 4.79 Å². The SMILES string of the molecule is C=CCOc1ccc(-c2noc(C)c2C(=O)N(Cc2ccc(NC(=O)CBr)c(Cl)c2)C(=N)NC(=O)O)cc1. The van der Waals surface area contributed by atoms with E-state index >= 15 is 0 Å². The lowest BCUT2D eigenvalue weighted by atomic mass is 10.0. The second kappa shape index (κ2) is 12.9. The first-order chi connectivity index (χ1) is 18.1. The molecule has 0 atom stereocenters. The van der Waals surface area contributed by atoms with Gasteiger partial charge in [-0.2, -0.15) is 0 Å². The number of aryl methyl sites for hydroxylation is 1. The van der Waals surface area contributed by atoms with Crippen molar-refractivity contribution in [3.8, 4) is 17.0 Å². The summed E-state index contributed by atoms with van der Waals surface area (Å²) >= 11 is 9.35. The number of nitrogens with one attached hydrogen (secondary N) is 3. The molecule has 0 spiro atoms. The third-order valence-corrected chi connectivity index (χ3v) is 5.90. The smallest absolute Gasteiger partial charge is 0.411 e. The van der Waals surface area contributed by atoms with Crippen LogP contribution < -0.4 is 15.4 Å². The van der Waals surface area contributed by atoms with E-state index in [4.69, 9.17) is 31.4 Å². The second-order valence-electron chi connectivity index (χ2n) is 7.75.